The second kappa shape index (κ2) is 5.90. The molecule has 2 atom stereocenters. The van der Waals surface area contributed by atoms with Gasteiger partial charge in [-0.2, -0.15) is 0 Å². The molecule has 0 aromatic carbocycles. The van der Waals surface area contributed by atoms with E-state index < -0.39 is 0 Å². The zero-order valence-electron chi connectivity index (χ0n) is 11.9. The van der Waals surface area contributed by atoms with Gasteiger partial charge in [0.05, 0.1) is 0 Å². The molecule has 4 nitrogen and oxygen atoms in total. The Bertz CT molecular complexity index is 499. The van der Waals surface area contributed by atoms with E-state index in [0.717, 1.165) is 42.6 Å². The van der Waals surface area contributed by atoms with Crippen LogP contribution in [0.5, 0.6) is 0 Å². The molecule has 1 amide bonds. The van der Waals surface area contributed by atoms with Gasteiger partial charge in [-0.05, 0) is 47.7 Å². The molecule has 110 valence electrons. The van der Waals surface area contributed by atoms with E-state index in [4.69, 9.17) is 0 Å². The normalized spacial score (nSPS) is 25.8. The van der Waals surface area contributed by atoms with Crippen LogP contribution in [0, 0.1) is 0 Å². The number of carbonyl (C=O) groups excluding carboxylic acids is 1. The lowest BCUT2D eigenvalue weighted by molar-refractivity contribution is 0.0737. The van der Waals surface area contributed by atoms with Crippen LogP contribution < -0.4 is 5.32 Å². The fraction of sp³-hybridized carbons (Fsp3) is 0.667. The van der Waals surface area contributed by atoms with Crippen LogP contribution in [0.1, 0.15) is 43.1 Å². The lowest BCUT2D eigenvalue weighted by Crippen LogP contribution is -2.39. The lowest BCUT2D eigenvalue weighted by Gasteiger charge is -2.24. The summed E-state index contributed by atoms with van der Waals surface area (Å²) < 4.78 is 3.06. The number of nitrogens with zero attached hydrogens (tertiary/aromatic N) is 2. The summed E-state index contributed by atoms with van der Waals surface area (Å²) in [5.74, 6) is 0.179. The van der Waals surface area contributed by atoms with Crippen LogP contribution in [0.3, 0.4) is 0 Å². The van der Waals surface area contributed by atoms with E-state index in [1.807, 2.05) is 17.2 Å². The minimum absolute atomic E-state index is 0.179. The van der Waals surface area contributed by atoms with Crippen molar-refractivity contribution >= 4 is 21.8 Å². The Balaban J connectivity index is 1.78. The zero-order chi connectivity index (χ0) is 14.1. The Kier molecular flexibility index (Phi) is 4.17. The van der Waals surface area contributed by atoms with E-state index in [1.54, 1.807) is 0 Å². The number of amides is 1. The topological polar surface area (TPSA) is 37.3 Å². The smallest absolute Gasteiger partial charge is 0.270 e. The predicted molar refractivity (Wildman–Crippen MR) is 82.9 cm³/mol. The maximum atomic E-state index is 12.8. The van der Waals surface area contributed by atoms with Crippen LogP contribution in [-0.4, -0.2) is 40.5 Å². The highest BCUT2D eigenvalue weighted by atomic mass is 79.9. The van der Waals surface area contributed by atoms with Crippen molar-refractivity contribution in [2.75, 3.05) is 13.1 Å². The molecule has 20 heavy (non-hydrogen) atoms. The number of aryl methyl sites for hydroxylation is 1. The van der Waals surface area contributed by atoms with Gasteiger partial charge in [0, 0.05) is 42.4 Å². The summed E-state index contributed by atoms with van der Waals surface area (Å²) >= 11 is 3.49. The first-order valence-corrected chi connectivity index (χ1v) is 8.37. The number of hydrogen-bond donors (Lipinski definition) is 1. The molecule has 2 aliphatic rings. The first-order chi connectivity index (χ1) is 9.67. The van der Waals surface area contributed by atoms with Crippen molar-refractivity contribution in [2.45, 2.75) is 51.2 Å². The third-order valence-electron chi connectivity index (χ3n) is 4.36. The largest absolute Gasteiger partial charge is 0.342 e. The minimum atomic E-state index is 0.179. The first-order valence-electron chi connectivity index (χ1n) is 7.58. The lowest BCUT2D eigenvalue weighted by atomic mass is 10.1. The fourth-order valence-electron chi connectivity index (χ4n) is 3.37. The first kappa shape index (κ1) is 14.1. The summed E-state index contributed by atoms with van der Waals surface area (Å²) in [4.78, 5) is 14.8. The molecule has 2 bridgehead atoms. The Morgan fingerprint density at radius 3 is 3.00 bits per heavy atom. The molecule has 0 spiro atoms. The number of halogens is 1. The van der Waals surface area contributed by atoms with Gasteiger partial charge in [0.25, 0.3) is 5.91 Å². The van der Waals surface area contributed by atoms with Crippen LogP contribution >= 0.6 is 15.9 Å². The van der Waals surface area contributed by atoms with E-state index in [9.17, 15) is 4.79 Å². The molecular weight excluding hydrogens is 318 g/mol. The number of nitrogens with one attached hydrogen (secondary N) is 1. The number of likely N-dealkylation sites (tertiary alicyclic amines) is 1. The highest BCUT2D eigenvalue weighted by Crippen LogP contribution is 2.23. The summed E-state index contributed by atoms with van der Waals surface area (Å²) in [7, 11) is 0. The molecule has 0 aliphatic carbocycles. The molecule has 2 aliphatic heterocycles. The van der Waals surface area contributed by atoms with Crippen LogP contribution in [0.15, 0.2) is 16.7 Å². The maximum Gasteiger partial charge on any atom is 0.270 e. The zero-order valence-corrected chi connectivity index (χ0v) is 13.5. The quantitative estimate of drug-likeness (QED) is 0.919. The Morgan fingerprint density at radius 2 is 2.20 bits per heavy atom. The SMILES string of the molecule is CCCn1cc(Br)cc1C(=O)N1CCC2CCC(C1)N2. The summed E-state index contributed by atoms with van der Waals surface area (Å²) in [6.45, 7) is 4.76. The molecule has 5 heteroatoms. The third-order valence-corrected chi connectivity index (χ3v) is 4.79. The van der Waals surface area contributed by atoms with Gasteiger partial charge in [-0.25, -0.2) is 0 Å². The standard InChI is InChI=1S/C15H22BrN3O/c1-2-6-18-9-11(16)8-14(18)15(20)19-7-5-12-3-4-13(10-19)17-12/h8-9,12-13,17H,2-7,10H2,1H3. The van der Waals surface area contributed by atoms with Crippen molar-refractivity contribution in [3.63, 3.8) is 0 Å². The van der Waals surface area contributed by atoms with E-state index in [0.29, 0.717) is 12.1 Å². The van der Waals surface area contributed by atoms with Gasteiger partial charge in [0.15, 0.2) is 0 Å². The average molecular weight is 340 g/mol. The molecular formula is C15H22BrN3O. The van der Waals surface area contributed by atoms with Crippen LogP contribution in [-0.2, 0) is 6.54 Å². The summed E-state index contributed by atoms with van der Waals surface area (Å²) in [6, 6.07) is 3.06. The van der Waals surface area contributed by atoms with Crippen molar-refractivity contribution in [2.24, 2.45) is 0 Å². The molecule has 2 fully saturated rings. The molecule has 3 heterocycles. The van der Waals surface area contributed by atoms with E-state index in [2.05, 4.69) is 32.7 Å². The number of carbonyl (C=O) groups is 1. The van der Waals surface area contributed by atoms with Crippen LogP contribution in [0.4, 0.5) is 0 Å². The van der Waals surface area contributed by atoms with Gasteiger partial charge < -0.3 is 14.8 Å². The Labute approximate surface area is 128 Å². The monoisotopic (exact) mass is 339 g/mol. The highest BCUT2D eigenvalue weighted by molar-refractivity contribution is 9.10. The van der Waals surface area contributed by atoms with E-state index in [-0.39, 0.29) is 5.91 Å². The van der Waals surface area contributed by atoms with Crippen LogP contribution in [0.25, 0.3) is 0 Å². The summed E-state index contributed by atoms with van der Waals surface area (Å²) in [5.41, 5.74) is 0.816. The molecule has 1 aromatic rings. The predicted octanol–water partition coefficient (Wildman–Crippen LogP) is 2.63. The van der Waals surface area contributed by atoms with Crippen molar-refractivity contribution in [3.05, 3.63) is 22.4 Å². The van der Waals surface area contributed by atoms with Gasteiger partial charge in [-0.1, -0.05) is 6.92 Å². The Morgan fingerprint density at radius 1 is 1.40 bits per heavy atom. The third kappa shape index (κ3) is 2.79. The molecule has 1 aromatic heterocycles. The van der Waals surface area contributed by atoms with Gasteiger partial charge in [-0.15, -0.1) is 0 Å². The van der Waals surface area contributed by atoms with Crippen molar-refractivity contribution < 1.29 is 4.79 Å². The average Bonchev–Trinajstić information content (AvgIpc) is 2.92. The second-order valence-corrected chi connectivity index (χ2v) is 6.83. The molecule has 0 saturated carbocycles. The summed E-state index contributed by atoms with van der Waals surface area (Å²) in [6.07, 6.45) is 6.60. The van der Waals surface area contributed by atoms with Gasteiger partial charge in [0.1, 0.15) is 5.69 Å². The van der Waals surface area contributed by atoms with Crippen LogP contribution in [0.2, 0.25) is 0 Å². The number of aromatic nitrogens is 1. The Hall–Kier alpha value is -0.810. The maximum absolute atomic E-state index is 12.8. The molecule has 3 rings (SSSR count). The number of hydrogen-bond acceptors (Lipinski definition) is 2. The number of fused-ring (bicyclic) bond motifs is 2. The van der Waals surface area contributed by atoms with E-state index in [1.165, 1.54) is 12.8 Å². The van der Waals surface area contributed by atoms with E-state index >= 15 is 0 Å². The van der Waals surface area contributed by atoms with Crippen molar-refractivity contribution in [1.82, 2.24) is 14.8 Å². The second-order valence-electron chi connectivity index (χ2n) is 5.91. The molecule has 2 unspecified atom stereocenters. The molecule has 2 saturated heterocycles. The minimum Gasteiger partial charge on any atom is -0.342 e. The highest BCUT2D eigenvalue weighted by Gasteiger charge is 2.32. The van der Waals surface area contributed by atoms with Crippen molar-refractivity contribution in [1.29, 1.82) is 0 Å². The van der Waals surface area contributed by atoms with Crippen molar-refractivity contribution in [3.8, 4) is 0 Å². The molecule has 1 N–H and O–H groups in total. The fourth-order valence-corrected chi connectivity index (χ4v) is 3.83. The summed E-state index contributed by atoms with van der Waals surface area (Å²) in [5, 5.41) is 3.62. The van der Waals surface area contributed by atoms with Gasteiger partial charge in [0.2, 0.25) is 0 Å². The molecule has 0 radical (unpaired) electrons. The number of rotatable bonds is 3. The van der Waals surface area contributed by atoms with Gasteiger partial charge >= 0.3 is 0 Å². The van der Waals surface area contributed by atoms with Gasteiger partial charge in [-0.3, -0.25) is 4.79 Å².